The van der Waals surface area contributed by atoms with E-state index in [9.17, 15) is 13.2 Å². The lowest BCUT2D eigenvalue weighted by molar-refractivity contribution is -0.118. The maximum Gasteiger partial charge on any atom is 0.235 e. The Balaban J connectivity index is 1.50. The molecule has 0 spiro atoms. The molecule has 2 aromatic carbocycles. The van der Waals surface area contributed by atoms with Crippen LogP contribution in [-0.2, 0) is 21.1 Å². The summed E-state index contributed by atoms with van der Waals surface area (Å²) in [5, 5.41) is 6.15. The number of halogens is 1. The average Bonchev–Trinajstić information content (AvgIpc) is 3.08. The van der Waals surface area contributed by atoms with E-state index in [1.807, 2.05) is 36.6 Å². The van der Waals surface area contributed by atoms with Gasteiger partial charge in [0.05, 0.1) is 15.6 Å². The SMILES string of the molecule is Cc1nc(-c2ccc(CCNC(=O)CS(=O)(=O)c3ccc(Cl)cc3)cc2)cs1. The minimum absolute atomic E-state index is 0.0833. The molecule has 0 atom stereocenters. The number of amides is 1. The largest absolute Gasteiger partial charge is 0.355 e. The van der Waals surface area contributed by atoms with E-state index in [0.29, 0.717) is 18.0 Å². The topological polar surface area (TPSA) is 76.1 Å². The predicted octanol–water partition coefficient (Wildman–Crippen LogP) is 3.90. The van der Waals surface area contributed by atoms with Crippen LogP contribution in [0.2, 0.25) is 5.02 Å². The van der Waals surface area contributed by atoms with E-state index in [0.717, 1.165) is 21.8 Å². The molecule has 3 aromatic rings. The van der Waals surface area contributed by atoms with Crippen molar-refractivity contribution >= 4 is 38.7 Å². The lowest BCUT2D eigenvalue weighted by Gasteiger charge is -2.07. The number of aromatic nitrogens is 1. The van der Waals surface area contributed by atoms with Crippen LogP contribution in [0.4, 0.5) is 0 Å². The molecule has 0 bridgehead atoms. The number of aryl methyl sites for hydroxylation is 1. The molecule has 146 valence electrons. The van der Waals surface area contributed by atoms with Crippen molar-refractivity contribution in [1.29, 1.82) is 0 Å². The van der Waals surface area contributed by atoms with Crippen LogP contribution in [0.1, 0.15) is 10.6 Å². The van der Waals surface area contributed by atoms with Crippen LogP contribution in [0.5, 0.6) is 0 Å². The number of sulfone groups is 1. The lowest BCUT2D eigenvalue weighted by Crippen LogP contribution is -2.31. The van der Waals surface area contributed by atoms with Crippen LogP contribution in [0, 0.1) is 6.92 Å². The highest BCUT2D eigenvalue weighted by Gasteiger charge is 2.19. The summed E-state index contributed by atoms with van der Waals surface area (Å²) in [6.45, 7) is 2.34. The van der Waals surface area contributed by atoms with Crippen molar-refractivity contribution < 1.29 is 13.2 Å². The van der Waals surface area contributed by atoms with Gasteiger partial charge < -0.3 is 5.32 Å². The fourth-order valence-electron chi connectivity index (χ4n) is 2.63. The van der Waals surface area contributed by atoms with Gasteiger partial charge in [-0.3, -0.25) is 4.79 Å². The molecule has 8 heteroatoms. The van der Waals surface area contributed by atoms with Crippen molar-refractivity contribution in [2.24, 2.45) is 0 Å². The van der Waals surface area contributed by atoms with E-state index >= 15 is 0 Å². The van der Waals surface area contributed by atoms with Gasteiger partial charge >= 0.3 is 0 Å². The second kappa shape index (κ2) is 8.86. The van der Waals surface area contributed by atoms with Gasteiger partial charge in [0.2, 0.25) is 5.91 Å². The first kappa shape index (κ1) is 20.5. The summed E-state index contributed by atoms with van der Waals surface area (Å²) in [6.07, 6.45) is 0.614. The van der Waals surface area contributed by atoms with Gasteiger partial charge in [0.25, 0.3) is 0 Å². The maximum absolute atomic E-state index is 12.3. The van der Waals surface area contributed by atoms with Crippen molar-refractivity contribution in [2.45, 2.75) is 18.2 Å². The van der Waals surface area contributed by atoms with Gasteiger partial charge in [0.1, 0.15) is 5.75 Å². The summed E-state index contributed by atoms with van der Waals surface area (Å²) in [5.74, 6) is -1.11. The first-order valence-electron chi connectivity index (χ1n) is 8.60. The summed E-state index contributed by atoms with van der Waals surface area (Å²) >= 11 is 7.37. The zero-order valence-electron chi connectivity index (χ0n) is 15.2. The van der Waals surface area contributed by atoms with Crippen LogP contribution in [0.25, 0.3) is 11.3 Å². The zero-order chi connectivity index (χ0) is 20.1. The molecule has 0 unspecified atom stereocenters. The van der Waals surface area contributed by atoms with Crippen molar-refractivity contribution in [2.75, 3.05) is 12.3 Å². The summed E-state index contributed by atoms with van der Waals surface area (Å²) in [5.41, 5.74) is 3.05. The Hall–Kier alpha value is -2.22. The van der Waals surface area contributed by atoms with E-state index in [1.54, 1.807) is 11.3 Å². The van der Waals surface area contributed by atoms with E-state index < -0.39 is 21.5 Å². The number of hydrogen-bond donors (Lipinski definition) is 1. The minimum Gasteiger partial charge on any atom is -0.355 e. The van der Waals surface area contributed by atoms with E-state index in [1.165, 1.54) is 24.3 Å². The average molecular weight is 435 g/mol. The third-order valence-electron chi connectivity index (χ3n) is 4.10. The summed E-state index contributed by atoms with van der Waals surface area (Å²) in [4.78, 5) is 16.5. The number of nitrogens with zero attached hydrogens (tertiary/aromatic N) is 1. The molecule has 0 aliphatic carbocycles. The molecule has 0 aliphatic rings. The monoisotopic (exact) mass is 434 g/mol. The van der Waals surface area contributed by atoms with Gasteiger partial charge in [-0.1, -0.05) is 35.9 Å². The fourth-order valence-corrected chi connectivity index (χ4v) is 4.55. The van der Waals surface area contributed by atoms with Gasteiger partial charge in [-0.15, -0.1) is 11.3 Å². The highest BCUT2D eigenvalue weighted by atomic mass is 35.5. The summed E-state index contributed by atoms with van der Waals surface area (Å²) in [6, 6.07) is 13.7. The molecule has 3 rings (SSSR count). The Bertz CT molecular complexity index is 1060. The van der Waals surface area contributed by atoms with Crippen molar-refractivity contribution in [3.05, 3.63) is 69.5 Å². The number of nitrogens with one attached hydrogen (secondary N) is 1. The van der Waals surface area contributed by atoms with Crippen molar-refractivity contribution in [3.8, 4) is 11.3 Å². The predicted molar refractivity (Wildman–Crippen MR) is 113 cm³/mol. The molecule has 0 saturated carbocycles. The van der Waals surface area contributed by atoms with Gasteiger partial charge in [0.15, 0.2) is 9.84 Å². The molecule has 28 heavy (non-hydrogen) atoms. The molecule has 1 aromatic heterocycles. The molecule has 0 aliphatic heterocycles. The Morgan fingerprint density at radius 2 is 1.79 bits per heavy atom. The summed E-state index contributed by atoms with van der Waals surface area (Å²) < 4.78 is 24.5. The van der Waals surface area contributed by atoms with Gasteiger partial charge in [-0.25, -0.2) is 13.4 Å². The van der Waals surface area contributed by atoms with Gasteiger partial charge in [-0.05, 0) is 43.2 Å². The Morgan fingerprint density at radius 1 is 1.11 bits per heavy atom. The molecular weight excluding hydrogens is 416 g/mol. The first-order chi connectivity index (χ1) is 13.3. The second-order valence-corrected chi connectivity index (χ2v) is 9.75. The lowest BCUT2D eigenvalue weighted by atomic mass is 10.1. The molecule has 1 heterocycles. The normalized spacial score (nSPS) is 11.4. The molecule has 1 amide bonds. The number of benzene rings is 2. The van der Waals surface area contributed by atoms with Crippen LogP contribution in [-0.4, -0.2) is 31.6 Å². The molecule has 5 nitrogen and oxygen atoms in total. The number of carbonyl (C=O) groups is 1. The van der Waals surface area contributed by atoms with Crippen LogP contribution < -0.4 is 5.32 Å². The van der Waals surface area contributed by atoms with Gasteiger partial charge in [0, 0.05) is 22.5 Å². The molecule has 0 radical (unpaired) electrons. The second-order valence-electron chi connectivity index (χ2n) is 6.26. The van der Waals surface area contributed by atoms with Gasteiger partial charge in [-0.2, -0.15) is 0 Å². The van der Waals surface area contributed by atoms with Crippen molar-refractivity contribution in [1.82, 2.24) is 10.3 Å². The molecule has 0 fully saturated rings. The highest BCUT2D eigenvalue weighted by Crippen LogP contribution is 2.22. The zero-order valence-corrected chi connectivity index (χ0v) is 17.6. The number of rotatable bonds is 7. The van der Waals surface area contributed by atoms with Crippen LogP contribution in [0.15, 0.2) is 58.8 Å². The van der Waals surface area contributed by atoms with Crippen LogP contribution >= 0.6 is 22.9 Å². The van der Waals surface area contributed by atoms with E-state index in [2.05, 4.69) is 10.3 Å². The van der Waals surface area contributed by atoms with Crippen molar-refractivity contribution in [3.63, 3.8) is 0 Å². The molecule has 0 saturated heterocycles. The quantitative estimate of drug-likeness (QED) is 0.611. The third-order valence-corrected chi connectivity index (χ3v) is 6.76. The Kier molecular flexibility index (Phi) is 6.49. The maximum atomic E-state index is 12.3. The number of thiazole rings is 1. The minimum atomic E-state index is -3.68. The number of hydrogen-bond acceptors (Lipinski definition) is 5. The highest BCUT2D eigenvalue weighted by molar-refractivity contribution is 7.92. The third kappa shape index (κ3) is 5.41. The first-order valence-corrected chi connectivity index (χ1v) is 11.5. The van der Waals surface area contributed by atoms with E-state index in [-0.39, 0.29) is 4.90 Å². The molecular formula is C20H19ClN2O3S2. The molecule has 1 N–H and O–H groups in total. The van der Waals surface area contributed by atoms with Crippen LogP contribution in [0.3, 0.4) is 0 Å². The standard InChI is InChI=1S/C20H19ClN2O3S2/c1-14-23-19(12-27-14)16-4-2-15(3-5-16)10-11-22-20(24)13-28(25,26)18-8-6-17(21)7-9-18/h2-9,12H,10-11,13H2,1H3,(H,22,24). The Labute approximate surface area is 173 Å². The Morgan fingerprint density at radius 3 is 2.39 bits per heavy atom. The van der Waals surface area contributed by atoms with E-state index in [4.69, 9.17) is 11.6 Å². The smallest absolute Gasteiger partial charge is 0.235 e. The summed E-state index contributed by atoms with van der Waals surface area (Å²) in [7, 11) is -3.68. The number of carbonyl (C=O) groups excluding carboxylic acids is 1. The fraction of sp³-hybridized carbons (Fsp3) is 0.200.